The number of fused-ring (bicyclic) bond motifs is 1. The Kier molecular flexibility index (Phi) is 5.45. The predicted molar refractivity (Wildman–Crippen MR) is 100 cm³/mol. The van der Waals surface area contributed by atoms with Crippen molar-refractivity contribution in [2.45, 2.75) is 50.3 Å². The second kappa shape index (κ2) is 7.40. The number of nitrogens with zero attached hydrogens (tertiary/aromatic N) is 1. The smallest absolute Gasteiger partial charge is 0.263 e. The fourth-order valence-corrected chi connectivity index (χ4v) is 5.44. The molecule has 0 aromatic heterocycles. The molecule has 1 aromatic carbocycles. The van der Waals surface area contributed by atoms with Gasteiger partial charge in [0.25, 0.3) is 10.0 Å². The number of rotatable bonds is 2. The second-order valence-corrected chi connectivity index (χ2v) is 9.16. The first-order valence-electron chi connectivity index (χ1n) is 8.84. The molecule has 1 N–H and O–H groups in total. The van der Waals surface area contributed by atoms with Crippen LogP contribution in [0.4, 0.5) is 0 Å². The number of likely N-dealkylation sites (tertiary alicyclic amines) is 1. The highest BCUT2D eigenvalue weighted by Gasteiger charge is 2.30. The van der Waals surface area contributed by atoms with Gasteiger partial charge in [-0.15, -0.1) is 0 Å². The van der Waals surface area contributed by atoms with Crippen molar-refractivity contribution in [2.75, 3.05) is 13.1 Å². The molecule has 3 rings (SSSR count). The minimum atomic E-state index is -3.60. The van der Waals surface area contributed by atoms with Crippen LogP contribution >= 0.6 is 12.2 Å². The van der Waals surface area contributed by atoms with Gasteiger partial charge in [0, 0.05) is 13.1 Å². The highest BCUT2D eigenvalue weighted by atomic mass is 32.2. The van der Waals surface area contributed by atoms with E-state index in [1.54, 1.807) is 24.3 Å². The van der Waals surface area contributed by atoms with Crippen molar-refractivity contribution in [2.24, 2.45) is 11.8 Å². The molecule has 0 amide bonds. The molecule has 24 heavy (non-hydrogen) atoms. The van der Waals surface area contributed by atoms with Gasteiger partial charge in [-0.25, -0.2) is 8.42 Å². The van der Waals surface area contributed by atoms with E-state index >= 15 is 0 Å². The molecule has 2 unspecified atom stereocenters. The van der Waals surface area contributed by atoms with Gasteiger partial charge in [0.1, 0.15) is 0 Å². The summed E-state index contributed by atoms with van der Waals surface area (Å²) in [6, 6.07) is 6.84. The highest BCUT2D eigenvalue weighted by Crippen LogP contribution is 2.36. The van der Waals surface area contributed by atoms with Gasteiger partial charge in [-0.05, 0) is 56.0 Å². The molecule has 1 aromatic rings. The number of hydrogen-bond acceptors (Lipinski definition) is 3. The third kappa shape index (κ3) is 4.09. The van der Waals surface area contributed by atoms with E-state index in [1.165, 1.54) is 25.7 Å². The Hall–Kier alpha value is -1.14. The summed E-state index contributed by atoms with van der Waals surface area (Å²) in [5.74, 6) is 1.58. The van der Waals surface area contributed by atoms with E-state index in [9.17, 15) is 8.42 Å². The van der Waals surface area contributed by atoms with E-state index in [1.807, 2.05) is 11.8 Å². The van der Waals surface area contributed by atoms with Crippen molar-refractivity contribution in [3.05, 3.63) is 29.8 Å². The number of aryl methyl sites for hydroxylation is 1. The zero-order chi connectivity index (χ0) is 17.2. The lowest BCUT2D eigenvalue weighted by Gasteiger charge is -2.29. The minimum Gasteiger partial charge on any atom is -0.348 e. The van der Waals surface area contributed by atoms with Crippen molar-refractivity contribution in [1.29, 1.82) is 0 Å². The van der Waals surface area contributed by atoms with Crippen molar-refractivity contribution in [3.8, 4) is 0 Å². The Labute approximate surface area is 150 Å². The number of nitrogens with one attached hydrogen (secondary N) is 1. The lowest BCUT2D eigenvalue weighted by atomic mass is 9.77. The van der Waals surface area contributed by atoms with Crippen LogP contribution in [-0.2, 0) is 10.0 Å². The minimum absolute atomic E-state index is 0.263. The Morgan fingerprint density at radius 3 is 2.12 bits per heavy atom. The Morgan fingerprint density at radius 2 is 1.58 bits per heavy atom. The van der Waals surface area contributed by atoms with Gasteiger partial charge in [0.15, 0.2) is 5.11 Å². The van der Waals surface area contributed by atoms with Crippen molar-refractivity contribution < 1.29 is 8.42 Å². The molecule has 1 heterocycles. The summed E-state index contributed by atoms with van der Waals surface area (Å²) in [4.78, 5) is 2.30. The van der Waals surface area contributed by atoms with E-state index in [0.717, 1.165) is 43.3 Å². The summed E-state index contributed by atoms with van der Waals surface area (Å²) >= 11 is 5.41. The van der Waals surface area contributed by atoms with Gasteiger partial charge in [-0.2, -0.15) is 0 Å². The third-order valence-corrected chi connectivity index (χ3v) is 7.29. The van der Waals surface area contributed by atoms with Crippen LogP contribution in [0.15, 0.2) is 29.2 Å². The molecule has 2 aliphatic rings. The number of sulfonamides is 1. The van der Waals surface area contributed by atoms with Gasteiger partial charge in [0.05, 0.1) is 4.90 Å². The maximum Gasteiger partial charge on any atom is 0.263 e. The average molecular weight is 367 g/mol. The summed E-state index contributed by atoms with van der Waals surface area (Å²) in [5, 5.41) is 0.342. The van der Waals surface area contributed by atoms with Crippen LogP contribution in [0.2, 0.25) is 0 Å². The Bertz CT molecular complexity index is 669. The lowest BCUT2D eigenvalue weighted by Crippen LogP contribution is -2.43. The monoisotopic (exact) mass is 366 g/mol. The molecular weight excluding hydrogens is 340 g/mol. The van der Waals surface area contributed by atoms with Gasteiger partial charge in [-0.1, -0.05) is 43.4 Å². The number of benzene rings is 1. The summed E-state index contributed by atoms with van der Waals surface area (Å²) in [7, 11) is -3.60. The second-order valence-electron chi connectivity index (χ2n) is 7.09. The maximum absolute atomic E-state index is 12.5. The van der Waals surface area contributed by atoms with Gasteiger partial charge < -0.3 is 4.90 Å². The van der Waals surface area contributed by atoms with E-state index in [4.69, 9.17) is 12.2 Å². The first-order chi connectivity index (χ1) is 11.5. The largest absolute Gasteiger partial charge is 0.348 e. The Balaban J connectivity index is 1.64. The predicted octanol–water partition coefficient (Wildman–Crippen LogP) is 3.46. The van der Waals surface area contributed by atoms with E-state index in [-0.39, 0.29) is 4.90 Å². The molecule has 132 valence electrons. The molecule has 2 atom stereocenters. The number of thiocarbonyl (C=S) groups is 1. The van der Waals surface area contributed by atoms with Gasteiger partial charge in [0.2, 0.25) is 0 Å². The van der Waals surface area contributed by atoms with Crippen LogP contribution < -0.4 is 4.72 Å². The first-order valence-corrected chi connectivity index (χ1v) is 10.7. The summed E-state index contributed by atoms with van der Waals surface area (Å²) in [5.41, 5.74) is 1.03. The normalized spacial score (nSPS) is 24.8. The fraction of sp³-hybridized carbons (Fsp3) is 0.611. The highest BCUT2D eigenvalue weighted by molar-refractivity contribution is 7.91. The SMILES string of the molecule is Cc1ccc(S(=O)(=O)NC(=S)N2CCC3CCCCC3CC2)cc1. The average Bonchev–Trinajstić information content (AvgIpc) is 2.77. The maximum atomic E-state index is 12.5. The van der Waals surface area contributed by atoms with Crippen LogP contribution in [0.25, 0.3) is 0 Å². The van der Waals surface area contributed by atoms with Crippen LogP contribution in [0, 0.1) is 18.8 Å². The first kappa shape index (κ1) is 17.7. The zero-order valence-corrected chi connectivity index (χ0v) is 15.8. The lowest BCUT2D eigenvalue weighted by molar-refractivity contribution is 0.230. The molecular formula is C18H26N2O2S2. The van der Waals surface area contributed by atoms with E-state index < -0.39 is 10.0 Å². The number of hydrogen-bond donors (Lipinski definition) is 1. The molecule has 1 saturated carbocycles. The topological polar surface area (TPSA) is 49.4 Å². The molecule has 1 aliphatic heterocycles. The standard InChI is InChI=1S/C18H26N2O2S2/c1-14-6-8-17(9-7-14)24(21,22)19-18(23)20-12-10-15-4-2-3-5-16(15)11-13-20/h6-9,15-16H,2-5,10-13H2,1H3,(H,19,23). The summed E-state index contributed by atoms with van der Waals surface area (Å²) in [6.45, 7) is 3.65. The van der Waals surface area contributed by atoms with Crippen LogP contribution in [0.1, 0.15) is 44.1 Å². The van der Waals surface area contributed by atoms with Crippen molar-refractivity contribution >= 4 is 27.4 Å². The van der Waals surface area contributed by atoms with Crippen molar-refractivity contribution in [1.82, 2.24) is 9.62 Å². The molecule has 0 spiro atoms. The van der Waals surface area contributed by atoms with Gasteiger partial charge >= 0.3 is 0 Å². The van der Waals surface area contributed by atoms with Crippen LogP contribution in [0.5, 0.6) is 0 Å². The molecule has 0 radical (unpaired) electrons. The van der Waals surface area contributed by atoms with Crippen molar-refractivity contribution in [3.63, 3.8) is 0 Å². The zero-order valence-electron chi connectivity index (χ0n) is 14.2. The van der Waals surface area contributed by atoms with Crippen LogP contribution in [-0.4, -0.2) is 31.5 Å². The fourth-order valence-electron chi connectivity index (χ4n) is 3.96. The molecule has 6 heteroatoms. The summed E-state index contributed by atoms with van der Waals surface area (Å²) < 4.78 is 27.6. The Morgan fingerprint density at radius 1 is 1.04 bits per heavy atom. The quantitative estimate of drug-likeness (QED) is 0.815. The molecule has 2 fully saturated rings. The molecule has 1 aliphatic carbocycles. The van der Waals surface area contributed by atoms with E-state index in [0.29, 0.717) is 5.11 Å². The summed E-state index contributed by atoms with van der Waals surface area (Å²) in [6.07, 6.45) is 7.56. The van der Waals surface area contributed by atoms with Gasteiger partial charge in [-0.3, -0.25) is 4.72 Å². The van der Waals surface area contributed by atoms with Crippen LogP contribution in [0.3, 0.4) is 0 Å². The molecule has 1 saturated heterocycles. The van der Waals surface area contributed by atoms with E-state index in [2.05, 4.69) is 4.72 Å². The third-order valence-electron chi connectivity index (χ3n) is 5.45. The molecule has 4 nitrogen and oxygen atoms in total. The molecule has 0 bridgehead atoms.